The third-order valence-corrected chi connectivity index (χ3v) is 10.3. The molecule has 3 N–H and O–H groups in total. The predicted octanol–water partition coefficient (Wildman–Crippen LogP) is 5.06. The van der Waals surface area contributed by atoms with Gasteiger partial charge in [0, 0.05) is 30.8 Å². The van der Waals surface area contributed by atoms with Crippen molar-refractivity contribution in [3.63, 3.8) is 0 Å². The Labute approximate surface area is 289 Å². The van der Waals surface area contributed by atoms with Gasteiger partial charge in [-0.1, -0.05) is 72.8 Å². The van der Waals surface area contributed by atoms with Gasteiger partial charge in [-0.25, -0.2) is 8.42 Å². The normalized spacial score (nSPS) is 14.0. The number of benzene rings is 4. The van der Waals surface area contributed by atoms with E-state index < -0.39 is 40.0 Å². The number of aliphatic hydroxyl groups is 1. The number of aliphatic hydroxyl groups excluding tert-OH is 1. The molecule has 0 aliphatic carbocycles. The predicted molar refractivity (Wildman–Crippen MR) is 193 cm³/mol. The summed E-state index contributed by atoms with van der Waals surface area (Å²) in [5.74, 6) is -0.732. The highest BCUT2D eigenvalue weighted by atomic mass is 32.2. The van der Waals surface area contributed by atoms with Crippen molar-refractivity contribution in [1.82, 2.24) is 9.80 Å². The van der Waals surface area contributed by atoms with Crippen molar-refractivity contribution in [2.75, 3.05) is 38.3 Å². The molecular formula is C38H46N4O6S. The lowest BCUT2D eigenvalue weighted by Crippen LogP contribution is -2.52. The number of amides is 2. The van der Waals surface area contributed by atoms with Gasteiger partial charge in [0.15, 0.2) is 0 Å². The average Bonchev–Trinajstić information content (AvgIpc) is 3.10. The second-order valence-corrected chi connectivity index (χ2v) is 14.4. The van der Waals surface area contributed by atoms with Crippen LogP contribution in [-0.4, -0.2) is 81.3 Å². The van der Waals surface area contributed by atoms with Crippen LogP contribution in [0.15, 0.2) is 103 Å². The SMILES string of the molecule is COc1cccc([C@@H](C)N(C(=O)c2cc(C(N)=O)cc(N(C)S(C)(=O)=O)c2)[C@@H](Cc2ccccc2)[C@H](O)CN(C)[C@@H](C)c2ccccc2)c1. The van der Waals surface area contributed by atoms with E-state index in [4.69, 9.17) is 10.5 Å². The summed E-state index contributed by atoms with van der Waals surface area (Å²) in [5, 5.41) is 12.2. The highest BCUT2D eigenvalue weighted by Crippen LogP contribution is 2.32. The molecule has 0 aromatic heterocycles. The summed E-state index contributed by atoms with van der Waals surface area (Å²) in [6.45, 7) is 4.16. The number of hydrogen-bond donors (Lipinski definition) is 2. The summed E-state index contributed by atoms with van der Waals surface area (Å²) in [6, 6.07) is 29.7. The molecule has 4 rings (SSSR count). The van der Waals surface area contributed by atoms with Gasteiger partial charge >= 0.3 is 0 Å². The van der Waals surface area contributed by atoms with Crippen LogP contribution in [0.4, 0.5) is 5.69 Å². The number of primary amides is 1. The third-order valence-electron chi connectivity index (χ3n) is 9.05. The molecule has 0 radical (unpaired) electrons. The molecule has 0 fully saturated rings. The van der Waals surface area contributed by atoms with Crippen molar-refractivity contribution in [2.24, 2.45) is 5.73 Å². The standard InChI is InChI=1S/C38H46N4O6S/c1-26(29-16-11-8-12-17-29)40(3)25-36(43)35(20-28-14-9-7-10-15-28)42(27(2)30-18-13-19-34(24-30)48-5)38(45)32-21-31(37(39)44)22-33(23-32)41(4)49(6,46)47/h7-19,21-24,26-27,35-36,43H,20,25H2,1-6H3,(H2,39,44)/t26-,27+,35-,36+/m0/s1. The molecule has 0 saturated carbocycles. The molecule has 10 nitrogen and oxygen atoms in total. The number of carbonyl (C=O) groups is 2. The maximum atomic E-state index is 14.9. The van der Waals surface area contributed by atoms with Crippen molar-refractivity contribution in [3.8, 4) is 5.75 Å². The maximum Gasteiger partial charge on any atom is 0.254 e. The molecule has 0 heterocycles. The number of likely N-dealkylation sites (N-methyl/N-ethyl adjacent to an activating group) is 1. The molecule has 260 valence electrons. The monoisotopic (exact) mass is 686 g/mol. The van der Waals surface area contributed by atoms with Crippen LogP contribution >= 0.6 is 0 Å². The first-order valence-corrected chi connectivity index (χ1v) is 17.9. The summed E-state index contributed by atoms with van der Waals surface area (Å²) >= 11 is 0. The minimum atomic E-state index is -3.75. The highest BCUT2D eigenvalue weighted by molar-refractivity contribution is 7.92. The number of nitrogens with two attached hydrogens (primary N) is 1. The van der Waals surface area contributed by atoms with E-state index >= 15 is 0 Å². The van der Waals surface area contributed by atoms with Crippen LogP contribution in [0.3, 0.4) is 0 Å². The van der Waals surface area contributed by atoms with E-state index in [1.54, 1.807) is 12.0 Å². The Bertz CT molecular complexity index is 1840. The molecule has 0 aliphatic heterocycles. The Balaban J connectivity index is 1.88. The second-order valence-electron chi connectivity index (χ2n) is 12.4. The van der Waals surface area contributed by atoms with Crippen LogP contribution in [0.2, 0.25) is 0 Å². The lowest BCUT2D eigenvalue weighted by molar-refractivity contribution is 0.00697. The summed E-state index contributed by atoms with van der Waals surface area (Å²) in [4.78, 5) is 31.1. The zero-order valence-electron chi connectivity index (χ0n) is 28.9. The van der Waals surface area contributed by atoms with E-state index in [1.165, 1.54) is 25.2 Å². The minimum Gasteiger partial charge on any atom is -0.497 e. The Morgan fingerprint density at radius 1 is 0.816 bits per heavy atom. The second kappa shape index (κ2) is 16.1. The van der Waals surface area contributed by atoms with Gasteiger partial charge in [-0.05, 0) is 74.3 Å². The summed E-state index contributed by atoms with van der Waals surface area (Å²) in [5.41, 5.74) is 8.54. The van der Waals surface area contributed by atoms with Gasteiger partial charge in [0.05, 0.1) is 37.2 Å². The van der Waals surface area contributed by atoms with E-state index in [0.29, 0.717) is 12.2 Å². The molecule has 4 aromatic rings. The molecule has 0 saturated heterocycles. The van der Waals surface area contributed by atoms with Crippen molar-refractivity contribution >= 4 is 27.5 Å². The fourth-order valence-electron chi connectivity index (χ4n) is 5.91. The summed E-state index contributed by atoms with van der Waals surface area (Å²) in [6.07, 6.45) is 0.300. The van der Waals surface area contributed by atoms with Crippen LogP contribution in [-0.2, 0) is 16.4 Å². The summed E-state index contributed by atoms with van der Waals surface area (Å²) < 4.78 is 31.5. The topological polar surface area (TPSA) is 133 Å². The quantitative estimate of drug-likeness (QED) is 0.179. The summed E-state index contributed by atoms with van der Waals surface area (Å²) in [7, 11) is 1.09. The van der Waals surface area contributed by atoms with Crippen LogP contribution in [0, 0.1) is 0 Å². The third kappa shape index (κ3) is 9.26. The van der Waals surface area contributed by atoms with Gasteiger partial charge in [0.1, 0.15) is 5.75 Å². The highest BCUT2D eigenvalue weighted by Gasteiger charge is 2.36. The number of anilines is 1. The van der Waals surface area contributed by atoms with Crippen molar-refractivity contribution < 1.29 is 27.9 Å². The average molecular weight is 687 g/mol. The number of nitrogens with zero attached hydrogens (tertiary/aromatic N) is 3. The van der Waals surface area contributed by atoms with E-state index in [9.17, 15) is 23.1 Å². The zero-order chi connectivity index (χ0) is 35.9. The smallest absolute Gasteiger partial charge is 0.254 e. The molecule has 0 spiro atoms. The van der Waals surface area contributed by atoms with Gasteiger partial charge in [0.2, 0.25) is 15.9 Å². The van der Waals surface area contributed by atoms with E-state index in [-0.39, 0.29) is 29.4 Å². The first-order chi connectivity index (χ1) is 23.2. The number of sulfonamides is 1. The first kappa shape index (κ1) is 37.1. The first-order valence-electron chi connectivity index (χ1n) is 16.0. The van der Waals surface area contributed by atoms with Gasteiger partial charge in [-0.2, -0.15) is 0 Å². The lowest BCUT2D eigenvalue weighted by atomic mass is 9.94. The fourth-order valence-corrected chi connectivity index (χ4v) is 6.40. The molecule has 4 aromatic carbocycles. The molecular weight excluding hydrogens is 641 g/mol. The number of hydrogen-bond acceptors (Lipinski definition) is 7. The zero-order valence-corrected chi connectivity index (χ0v) is 29.7. The van der Waals surface area contributed by atoms with Gasteiger partial charge in [-0.3, -0.25) is 18.8 Å². The Morgan fingerprint density at radius 2 is 1.41 bits per heavy atom. The molecule has 0 unspecified atom stereocenters. The van der Waals surface area contributed by atoms with E-state index in [0.717, 1.165) is 27.3 Å². The Kier molecular flexibility index (Phi) is 12.2. The van der Waals surface area contributed by atoms with Crippen LogP contribution in [0.1, 0.15) is 63.3 Å². The molecule has 49 heavy (non-hydrogen) atoms. The molecule has 0 bridgehead atoms. The molecule has 4 atom stereocenters. The van der Waals surface area contributed by atoms with Gasteiger partial charge in [0.25, 0.3) is 5.91 Å². The fraction of sp³-hybridized carbons (Fsp3) is 0.316. The van der Waals surface area contributed by atoms with E-state index in [2.05, 4.69) is 6.92 Å². The number of ether oxygens (including phenoxy) is 1. The Morgan fingerprint density at radius 3 is 2.00 bits per heavy atom. The van der Waals surface area contributed by atoms with Gasteiger partial charge < -0.3 is 20.5 Å². The number of carbonyl (C=O) groups excluding carboxylic acids is 2. The van der Waals surface area contributed by atoms with Crippen molar-refractivity contribution in [3.05, 3.63) is 131 Å². The molecule has 0 aliphatic rings. The van der Waals surface area contributed by atoms with Crippen LogP contribution in [0.5, 0.6) is 5.75 Å². The van der Waals surface area contributed by atoms with E-state index in [1.807, 2.05) is 104 Å². The largest absolute Gasteiger partial charge is 0.497 e. The van der Waals surface area contributed by atoms with Gasteiger partial charge in [-0.15, -0.1) is 0 Å². The lowest BCUT2D eigenvalue weighted by Gasteiger charge is -2.41. The minimum absolute atomic E-state index is 0.0260. The number of rotatable bonds is 15. The van der Waals surface area contributed by atoms with Crippen molar-refractivity contribution in [2.45, 2.75) is 44.5 Å². The maximum absolute atomic E-state index is 14.9. The van der Waals surface area contributed by atoms with Crippen molar-refractivity contribution in [1.29, 1.82) is 0 Å². The van der Waals surface area contributed by atoms with Crippen LogP contribution < -0.4 is 14.8 Å². The van der Waals surface area contributed by atoms with Crippen LogP contribution in [0.25, 0.3) is 0 Å². The Hall–Kier alpha value is -4.71. The molecule has 2 amide bonds. The number of methoxy groups -OCH3 is 1. The molecule has 11 heteroatoms.